The number of nitrogens with zero attached hydrogens (tertiary/aromatic N) is 3. The molecule has 2 rings (SSSR count). The minimum absolute atomic E-state index is 0.0530. The summed E-state index contributed by atoms with van der Waals surface area (Å²) in [6.07, 6.45) is 0. The van der Waals surface area contributed by atoms with Crippen LogP contribution in [0, 0.1) is 5.82 Å². The first-order valence-corrected chi connectivity index (χ1v) is 7.14. The largest absolute Gasteiger partial charge is 0.489 e. The molecular weight excluding hydrogens is 273 g/mol. The summed E-state index contributed by atoms with van der Waals surface area (Å²) < 4.78 is 18.8. The fourth-order valence-electron chi connectivity index (χ4n) is 2.29. The molecule has 1 aromatic rings. The van der Waals surface area contributed by atoms with E-state index in [1.807, 2.05) is 4.90 Å². The van der Waals surface area contributed by atoms with Gasteiger partial charge in [-0.3, -0.25) is 4.90 Å². The highest BCUT2D eigenvalue weighted by Gasteiger charge is 2.21. The molecule has 1 saturated heterocycles. The predicted molar refractivity (Wildman–Crippen MR) is 79.0 cm³/mol. The summed E-state index contributed by atoms with van der Waals surface area (Å²) in [6, 6.07) is 6.47. The standard InChI is InChI=1S/C15H22FN3O2/c1-17(2)15(20)19-9-7-18(8-10-19)11-12-21-14-6-4-3-5-13(14)16/h3-6H,7-12H2,1-2H3. The Bertz CT molecular complexity index is 474. The number of carbonyl (C=O) groups excluding carboxylic acids is 1. The Morgan fingerprint density at radius 2 is 1.90 bits per heavy atom. The SMILES string of the molecule is CN(C)C(=O)N1CCN(CCOc2ccccc2F)CC1. The van der Waals surface area contributed by atoms with Gasteiger partial charge in [-0.1, -0.05) is 12.1 Å². The molecule has 0 bridgehead atoms. The zero-order valence-electron chi connectivity index (χ0n) is 12.6. The van der Waals surface area contributed by atoms with Crippen molar-refractivity contribution in [3.63, 3.8) is 0 Å². The molecule has 6 heteroatoms. The second kappa shape index (κ2) is 7.26. The molecule has 0 aromatic heterocycles. The number of ether oxygens (including phenoxy) is 1. The normalized spacial score (nSPS) is 15.9. The van der Waals surface area contributed by atoms with Crippen LogP contribution in [0.2, 0.25) is 0 Å². The fraction of sp³-hybridized carbons (Fsp3) is 0.533. The summed E-state index contributed by atoms with van der Waals surface area (Å²) in [5, 5.41) is 0. The molecule has 1 aliphatic rings. The van der Waals surface area contributed by atoms with Crippen LogP contribution in [-0.2, 0) is 0 Å². The van der Waals surface area contributed by atoms with Gasteiger partial charge in [0.1, 0.15) is 6.61 Å². The Kier molecular flexibility index (Phi) is 5.38. The van der Waals surface area contributed by atoms with Crippen molar-refractivity contribution in [2.45, 2.75) is 0 Å². The van der Waals surface area contributed by atoms with Crippen LogP contribution in [-0.4, -0.2) is 74.2 Å². The summed E-state index contributed by atoms with van der Waals surface area (Å²) in [7, 11) is 3.52. The Hall–Kier alpha value is -1.82. The number of hydrogen-bond donors (Lipinski definition) is 0. The molecule has 0 saturated carbocycles. The van der Waals surface area contributed by atoms with Gasteiger partial charge in [0.15, 0.2) is 11.6 Å². The fourth-order valence-corrected chi connectivity index (χ4v) is 2.29. The molecule has 116 valence electrons. The third-order valence-corrected chi connectivity index (χ3v) is 3.53. The summed E-state index contributed by atoms with van der Waals surface area (Å²) in [5.41, 5.74) is 0. The third-order valence-electron chi connectivity index (χ3n) is 3.53. The zero-order valence-corrected chi connectivity index (χ0v) is 12.6. The van der Waals surface area contributed by atoms with E-state index in [1.165, 1.54) is 6.07 Å². The van der Waals surface area contributed by atoms with E-state index < -0.39 is 0 Å². The van der Waals surface area contributed by atoms with Gasteiger partial charge in [0.25, 0.3) is 0 Å². The summed E-state index contributed by atoms with van der Waals surface area (Å²) in [6.45, 7) is 4.26. The number of rotatable bonds is 4. The van der Waals surface area contributed by atoms with Crippen molar-refractivity contribution in [1.29, 1.82) is 0 Å². The highest BCUT2D eigenvalue weighted by atomic mass is 19.1. The first-order chi connectivity index (χ1) is 10.1. The van der Waals surface area contributed by atoms with Crippen molar-refractivity contribution in [2.75, 3.05) is 53.4 Å². The molecule has 1 heterocycles. The molecule has 0 aliphatic carbocycles. The van der Waals surface area contributed by atoms with Crippen LogP contribution < -0.4 is 4.74 Å². The number of halogens is 1. The van der Waals surface area contributed by atoms with E-state index in [-0.39, 0.29) is 11.8 Å². The lowest BCUT2D eigenvalue weighted by atomic mass is 10.3. The van der Waals surface area contributed by atoms with Gasteiger partial charge >= 0.3 is 6.03 Å². The van der Waals surface area contributed by atoms with Gasteiger partial charge in [-0.15, -0.1) is 0 Å². The first-order valence-electron chi connectivity index (χ1n) is 7.14. The average Bonchev–Trinajstić information content (AvgIpc) is 2.49. The van der Waals surface area contributed by atoms with Crippen molar-refractivity contribution in [3.05, 3.63) is 30.1 Å². The summed E-state index contributed by atoms with van der Waals surface area (Å²) in [5.74, 6) is -0.0437. The molecule has 0 N–H and O–H groups in total. The van der Waals surface area contributed by atoms with Crippen LogP contribution >= 0.6 is 0 Å². The smallest absolute Gasteiger partial charge is 0.319 e. The monoisotopic (exact) mass is 295 g/mol. The lowest BCUT2D eigenvalue weighted by Crippen LogP contribution is -2.52. The summed E-state index contributed by atoms with van der Waals surface area (Å²) in [4.78, 5) is 17.5. The molecule has 21 heavy (non-hydrogen) atoms. The Labute approximate surface area is 124 Å². The molecule has 1 aliphatic heterocycles. The number of para-hydroxylation sites is 1. The minimum atomic E-state index is -0.334. The maximum absolute atomic E-state index is 13.4. The molecular formula is C15H22FN3O2. The molecule has 0 spiro atoms. The van der Waals surface area contributed by atoms with E-state index in [0.29, 0.717) is 12.4 Å². The van der Waals surface area contributed by atoms with Crippen LogP contribution in [0.3, 0.4) is 0 Å². The van der Waals surface area contributed by atoms with E-state index in [0.717, 1.165) is 32.7 Å². The number of hydrogen-bond acceptors (Lipinski definition) is 3. The lowest BCUT2D eigenvalue weighted by molar-refractivity contribution is 0.113. The number of benzene rings is 1. The number of piperazine rings is 1. The van der Waals surface area contributed by atoms with Gasteiger partial charge in [-0.25, -0.2) is 9.18 Å². The first kappa shape index (κ1) is 15.6. The Morgan fingerprint density at radius 1 is 1.24 bits per heavy atom. The maximum Gasteiger partial charge on any atom is 0.319 e. The quantitative estimate of drug-likeness (QED) is 0.844. The maximum atomic E-state index is 13.4. The van der Waals surface area contributed by atoms with E-state index in [9.17, 15) is 9.18 Å². The molecule has 1 aromatic carbocycles. The van der Waals surface area contributed by atoms with Gasteiger partial charge in [-0.05, 0) is 12.1 Å². The van der Waals surface area contributed by atoms with Crippen molar-refractivity contribution in [1.82, 2.24) is 14.7 Å². The summed E-state index contributed by atoms with van der Waals surface area (Å²) >= 11 is 0. The van der Waals surface area contributed by atoms with Crippen LogP contribution in [0.5, 0.6) is 5.75 Å². The molecule has 0 radical (unpaired) electrons. The Balaban J connectivity index is 1.70. The van der Waals surface area contributed by atoms with Gasteiger partial charge in [0, 0.05) is 46.8 Å². The van der Waals surface area contributed by atoms with Gasteiger partial charge in [-0.2, -0.15) is 0 Å². The van der Waals surface area contributed by atoms with E-state index in [1.54, 1.807) is 37.2 Å². The number of carbonyl (C=O) groups is 1. The zero-order chi connectivity index (χ0) is 15.2. The van der Waals surface area contributed by atoms with Crippen LogP contribution in [0.4, 0.5) is 9.18 Å². The molecule has 0 atom stereocenters. The second-order valence-electron chi connectivity index (χ2n) is 5.28. The van der Waals surface area contributed by atoms with Crippen LogP contribution in [0.15, 0.2) is 24.3 Å². The highest BCUT2D eigenvalue weighted by Crippen LogP contribution is 2.15. The van der Waals surface area contributed by atoms with Gasteiger partial charge in [0.2, 0.25) is 0 Å². The van der Waals surface area contributed by atoms with Crippen molar-refractivity contribution in [2.24, 2.45) is 0 Å². The third kappa shape index (κ3) is 4.32. The van der Waals surface area contributed by atoms with Crippen LogP contribution in [0.25, 0.3) is 0 Å². The van der Waals surface area contributed by atoms with Crippen molar-refractivity contribution >= 4 is 6.03 Å². The van der Waals surface area contributed by atoms with Crippen LogP contribution in [0.1, 0.15) is 0 Å². The van der Waals surface area contributed by atoms with Crippen molar-refractivity contribution < 1.29 is 13.9 Å². The van der Waals surface area contributed by atoms with E-state index in [4.69, 9.17) is 4.74 Å². The van der Waals surface area contributed by atoms with Gasteiger partial charge < -0.3 is 14.5 Å². The van der Waals surface area contributed by atoms with Gasteiger partial charge in [0.05, 0.1) is 0 Å². The van der Waals surface area contributed by atoms with E-state index in [2.05, 4.69) is 4.90 Å². The minimum Gasteiger partial charge on any atom is -0.489 e. The van der Waals surface area contributed by atoms with E-state index >= 15 is 0 Å². The number of amides is 2. The molecule has 0 unspecified atom stereocenters. The average molecular weight is 295 g/mol. The number of urea groups is 1. The van der Waals surface area contributed by atoms with Crippen molar-refractivity contribution in [3.8, 4) is 5.75 Å². The highest BCUT2D eigenvalue weighted by molar-refractivity contribution is 5.73. The Morgan fingerprint density at radius 3 is 2.52 bits per heavy atom. The molecule has 1 fully saturated rings. The topological polar surface area (TPSA) is 36.0 Å². The second-order valence-corrected chi connectivity index (χ2v) is 5.28. The molecule has 2 amide bonds. The predicted octanol–water partition coefficient (Wildman–Crippen LogP) is 1.50. The lowest BCUT2D eigenvalue weighted by Gasteiger charge is -2.35. The molecule has 5 nitrogen and oxygen atoms in total.